The fourth-order valence-corrected chi connectivity index (χ4v) is 3.08. The van der Waals surface area contributed by atoms with Gasteiger partial charge >= 0.3 is 0 Å². The van der Waals surface area contributed by atoms with Crippen molar-refractivity contribution in [2.24, 2.45) is 0 Å². The van der Waals surface area contributed by atoms with E-state index in [9.17, 15) is 0 Å². The second kappa shape index (κ2) is 6.43. The van der Waals surface area contributed by atoms with Gasteiger partial charge in [0, 0.05) is 11.3 Å². The van der Waals surface area contributed by atoms with Crippen molar-refractivity contribution in [2.45, 2.75) is 19.4 Å². The normalized spacial score (nSPS) is 15.9. The average molecular weight is 332 g/mol. The first kappa shape index (κ1) is 15.4. The Bertz CT molecular complexity index is 911. The molecule has 3 aromatic rings. The lowest BCUT2D eigenvalue weighted by Gasteiger charge is -2.24. The molecule has 1 aromatic heterocycles. The van der Waals surface area contributed by atoms with Gasteiger partial charge in [0.2, 0.25) is 5.95 Å². The van der Waals surface area contributed by atoms with Crippen LogP contribution in [0, 0.1) is 0 Å². The van der Waals surface area contributed by atoms with Crippen molar-refractivity contribution in [3.05, 3.63) is 77.6 Å². The van der Waals surface area contributed by atoms with E-state index in [4.69, 9.17) is 4.74 Å². The van der Waals surface area contributed by atoms with E-state index in [-0.39, 0.29) is 6.04 Å². The topological polar surface area (TPSA) is 52.0 Å². The first-order valence-corrected chi connectivity index (χ1v) is 8.40. The highest BCUT2D eigenvalue weighted by Crippen LogP contribution is 2.32. The number of methoxy groups -OCH3 is 1. The number of anilines is 1. The van der Waals surface area contributed by atoms with Crippen LogP contribution in [0.25, 0.3) is 5.70 Å². The maximum absolute atomic E-state index is 5.35. The molecular weight excluding hydrogens is 312 g/mol. The number of benzene rings is 2. The quantitative estimate of drug-likeness (QED) is 0.787. The Labute approximate surface area is 147 Å². The molecule has 0 bridgehead atoms. The van der Waals surface area contributed by atoms with E-state index >= 15 is 0 Å². The van der Waals surface area contributed by atoms with Gasteiger partial charge in [0.15, 0.2) is 0 Å². The molecule has 4 rings (SSSR count). The maximum Gasteiger partial charge on any atom is 0.226 e. The summed E-state index contributed by atoms with van der Waals surface area (Å²) >= 11 is 0. The van der Waals surface area contributed by atoms with Gasteiger partial charge in [-0.05, 0) is 35.8 Å². The Balaban J connectivity index is 1.77. The van der Waals surface area contributed by atoms with Crippen LogP contribution < -0.4 is 10.1 Å². The van der Waals surface area contributed by atoms with Crippen molar-refractivity contribution in [1.29, 1.82) is 0 Å². The molecule has 2 aromatic carbocycles. The number of hydrogen-bond donors (Lipinski definition) is 1. The fourth-order valence-electron chi connectivity index (χ4n) is 3.08. The summed E-state index contributed by atoms with van der Waals surface area (Å²) in [5.74, 6) is 1.57. The van der Waals surface area contributed by atoms with Crippen LogP contribution in [-0.4, -0.2) is 21.9 Å². The molecule has 126 valence electrons. The molecule has 0 unspecified atom stereocenters. The molecule has 0 radical (unpaired) electrons. The minimum atomic E-state index is 0.00542. The largest absolute Gasteiger partial charge is 0.497 e. The van der Waals surface area contributed by atoms with E-state index in [0.717, 1.165) is 29.4 Å². The molecule has 1 aliphatic heterocycles. The van der Waals surface area contributed by atoms with Crippen molar-refractivity contribution >= 4 is 11.6 Å². The number of nitrogens with one attached hydrogen (secondary N) is 1. The van der Waals surface area contributed by atoms with E-state index in [2.05, 4.69) is 58.7 Å². The number of ether oxygens (including phenoxy) is 1. The van der Waals surface area contributed by atoms with Crippen molar-refractivity contribution in [3.63, 3.8) is 0 Å². The van der Waals surface area contributed by atoms with Crippen molar-refractivity contribution in [3.8, 4) is 5.75 Å². The van der Waals surface area contributed by atoms with Crippen molar-refractivity contribution < 1.29 is 4.74 Å². The summed E-state index contributed by atoms with van der Waals surface area (Å²) in [5.41, 5.74) is 4.58. The minimum absolute atomic E-state index is 0.00542. The Morgan fingerprint density at radius 1 is 1.16 bits per heavy atom. The van der Waals surface area contributed by atoms with Crippen molar-refractivity contribution in [1.82, 2.24) is 14.8 Å². The molecule has 1 aliphatic rings. The molecule has 5 heteroatoms. The summed E-state index contributed by atoms with van der Waals surface area (Å²) in [7, 11) is 1.68. The Kier molecular flexibility index (Phi) is 3.98. The van der Waals surface area contributed by atoms with Crippen LogP contribution in [-0.2, 0) is 6.42 Å². The summed E-state index contributed by atoms with van der Waals surface area (Å²) in [6, 6.07) is 16.7. The Hall–Kier alpha value is -3.08. The third-order valence-corrected chi connectivity index (χ3v) is 4.52. The van der Waals surface area contributed by atoms with Crippen LogP contribution in [0.1, 0.15) is 29.7 Å². The van der Waals surface area contributed by atoms with E-state index < -0.39 is 0 Å². The third-order valence-electron chi connectivity index (χ3n) is 4.52. The summed E-state index contributed by atoms with van der Waals surface area (Å²) in [6.07, 6.45) is 4.79. The zero-order chi connectivity index (χ0) is 17.2. The molecule has 0 amide bonds. The highest BCUT2D eigenvalue weighted by molar-refractivity contribution is 5.77. The lowest BCUT2D eigenvalue weighted by molar-refractivity contribution is 0.414. The number of allylic oxidation sites excluding steroid dienone is 1. The zero-order valence-electron chi connectivity index (χ0n) is 14.3. The van der Waals surface area contributed by atoms with Gasteiger partial charge in [-0.25, -0.2) is 4.68 Å². The molecule has 0 aliphatic carbocycles. The van der Waals surface area contributed by atoms with Gasteiger partial charge in [0.25, 0.3) is 0 Å². The summed E-state index contributed by atoms with van der Waals surface area (Å²) in [5, 5.41) is 7.75. The number of hydrogen-bond acceptors (Lipinski definition) is 4. The maximum atomic E-state index is 5.35. The standard InChI is InChI=1S/C20H20N4O/c1-3-14-7-9-15(10-8-14)19-12-18(23-20-21-13-22-24(19)20)16-5-4-6-17(11-16)25-2/h4-13,19H,3H2,1-2H3,(H,21,22,23)/t19-/m1/s1. The number of aromatic nitrogens is 3. The molecular formula is C20H20N4O. The van der Waals surface area contributed by atoms with Gasteiger partial charge in [0.1, 0.15) is 18.1 Å². The molecule has 1 N–H and O–H groups in total. The second-order valence-electron chi connectivity index (χ2n) is 6.01. The van der Waals surface area contributed by atoms with Crippen LogP contribution in [0.4, 0.5) is 5.95 Å². The monoisotopic (exact) mass is 332 g/mol. The number of aryl methyl sites for hydroxylation is 1. The molecule has 0 saturated carbocycles. The summed E-state index contributed by atoms with van der Waals surface area (Å²) < 4.78 is 7.26. The number of fused-ring (bicyclic) bond motifs is 1. The van der Waals surface area contributed by atoms with Gasteiger partial charge in [-0.2, -0.15) is 10.1 Å². The van der Waals surface area contributed by atoms with E-state index in [1.54, 1.807) is 13.4 Å². The highest BCUT2D eigenvalue weighted by Gasteiger charge is 2.23. The van der Waals surface area contributed by atoms with Crippen LogP contribution in [0.3, 0.4) is 0 Å². The Morgan fingerprint density at radius 3 is 2.76 bits per heavy atom. The van der Waals surface area contributed by atoms with Crippen LogP contribution >= 0.6 is 0 Å². The lowest BCUT2D eigenvalue weighted by atomic mass is 10.00. The average Bonchev–Trinajstić information content (AvgIpc) is 3.16. The third kappa shape index (κ3) is 2.89. The number of rotatable bonds is 4. The predicted molar refractivity (Wildman–Crippen MR) is 98.6 cm³/mol. The second-order valence-corrected chi connectivity index (χ2v) is 6.01. The summed E-state index contributed by atoms with van der Waals surface area (Å²) in [6.45, 7) is 2.16. The fraction of sp³-hybridized carbons (Fsp3) is 0.200. The Morgan fingerprint density at radius 2 is 2.00 bits per heavy atom. The zero-order valence-corrected chi connectivity index (χ0v) is 14.3. The highest BCUT2D eigenvalue weighted by atomic mass is 16.5. The van der Waals surface area contributed by atoms with Gasteiger partial charge in [-0.3, -0.25) is 0 Å². The van der Waals surface area contributed by atoms with Gasteiger partial charge in [-0.1, -0.05) is 43.3 Å². The van der Waals surface area contributed by atoms with Gasteiger partial charge < -0.3 is 10.1 Å². The van der Waals surface area contributed by atoms with Crippen molar-refractivity contribution in [2.75, 3.05) is 12.4 Å². The molecule has 2 heterocycles. The first-order chi connectivity index (χ1) is 12.3. The molecule has 1 atom stereocenters. The predicted octanol–water partition coefficient (Wildman–Crippen LogP) is 3.91. The van der Waals surface area contributed by atoms with Gasteiger partial charge in [-0.15, -0.1) is 0 Å². The van der Waals surface area contributed by atoms with E-state index in [1.165, 1.54) is 11.1 Å². The first-order valence-electron chi connectivity index (χ1n) is 8.40. The van der Waals surface area contributed by atoms with Crippen LogP contribution in [0.2, 0.25) is 0 Å². The molecule has 5 nitrogen and oxygen atoms in total. The van der Waals surface area contributed by atoms with Gasteiger partial charge in [0.05, 0.1) is 7.11 Å². The smallest absolute Gasteiger partial charge is 0.226 e. The number of nitrogens with zero attached hydrogens (tertiary/aromatic N) is 3. The van der Waals surface area contributed by atoms with E-state index in [1.807, 2.05) is 22.9 Å². The minimum Gasteiger partial charge on any atom is -0.497 e. The molecule has 25 heavy (non-hydrogen) atoms. The molecule has 0 spiro atoms. The van der Waals surface area contributed by atoms with Crippen LogP contribution in [0.15, 0.2) is 60.9 Å². The lowest BCUT2D eigenvalue weighted by Crippen LogP contribution is -2.20. The molecule has 0 fully saturated rings. The SMILES string of the molecule is CCc1ccc([C@H]2C=C(c3cccc(OC)c3)Nc3ncnn32)cc1. The van der Waals surface area contributed by atoms with Crippen LogP contribution in [0.5, 0.6) is 5.75 Å². The summed E-state index contributed by atoms with van der Waals surface area (Å²) in [4.78, 5) is 4.35. The van der Waals surface area contributed by atoms with E-state index in [0.29, 0.717) is 0 Å². The molecule has 0 saturated heterocycles.